The van der Waals surface area contributed by atoms with E-state index in [9.17, 15) is 4.79 Å². The Kier molecular flexibility index (Phi) is 6.35. The second-order valence-electron chi connectivity index (χ2n) is 5.53. The first-order chi connectivity index (χ1) is 11.1. The van der Waals surface area contributed by atoms with E-state index in [4.69, 9.17) is 17.0 Å². The van der Waals surface area contributed by atoms with Crippen LogP contribution in [0.2, 0.25) is 0 Å². The molecule has 0 aliphatic carbocycles. The van der Waals surface area contributed by atoms with Crippen LogP contribution in [-0.2, 0) is 11.3 Å². The van der Waals surface area contributed by atoms with Crippen LogP contribution in [0.3, 0.4) is 0 Å². The molecule has 0 radical (unpaired) electrons. The predicted molar refractivity (Wildman–Crippen MR) is 93.7 cm³/mol. The number of amides is 1. The Labute approximate surface area is 142 Å². The van der Waals surface area contributed by atoms with Gasteiger partial charge in [0.25, 0.3) is 5.91 Å². The van der Waals surface area contributed by atoms with Gasteiger partial charge in [-0.15, -0.1) is 0 Å². The molecule has 0 bridgehead atoms. The Hall–Kier alpha value is -1.67. The van der Waals surface area contributed by atoms with Gasteiger partial charge in [-0.1, -0.05) is 6.92 Å². The summed E-state index contributed by atoms with van der Waals surface area (Å²) in [7, 11) is 0. The van der Waals surface area contributed by atoms with Gasteiger partial charge in [0.15, 0.2) is 5.11 Å². The fourth-order valence-electron chi connectivity index (χ4n) is 2.34. The summed E-state index contributed by atoms with van der Waals surface area (Å²) in [4.78, 5) is 14.6. The van der Waals surface area contributed by atoms with E-state index in [1.165, 1.54) is 0 Å². The lowest BCUT2D eigenvalue weighted by Gasteiger charge is -2.27. The quantitative estimate of drug-likeness (QED) is 0.792. The minimum Gasteiger partial charge on any atom is -0.378 e. The number of nitrogens with one attached hydrogen (secondary N) is 2. The van der Waals surface area contributed by atoms with Gasteiger partial charge in [-0.2, -0.15) is 5.10 Å². The second kappa shape index (κ2) is 8.26. The lowest BCUT2D eigenvalue weighted by Crippen LogP contribution is -2.42. The zero-order valence-electron chi connectivity index (χ0n) is 14.0. The molecule has 0 spiro atoms. The fraction of sp³-hybridized carbons (Fsp3) is 0.667. The maximum absolute atomic E-state index is 12.8. The fourth-order valence-corrected chi connectivity index (χ4v) is 2.65. The lowest BCUT2D eigenvalue weighted by molar-refractivity contribution is 0.0295. The molecule has 0 aromatic carbocycles. The summed E-state index contributed by atoms with van der Waals surface area (Å²) in [6.45, 7) is 9.07. The molecule has 1 aromatic rings. The molecule has 0 saturated carbocycles. The number of aryl methyl sites for hydroxylation is 1. The second-order valence-corrected chi connectivity index (χ2v) is 5.94. The lowest BCUT2D eigenvalue weighted by atomic mass is 10.2. The van der Waals surface area contributed by atoms with Crippen molar-refractivity contribution in [2.45, 2.75) is 39.8 Å². The van der Waals surface area contributed by atoms with Crippen LogP contribution in [0, 0.1) is 0 Å². The van der Waals surface area contributed by atoms with Crippen molar-refractivity contribution in [2.24, 2.45) is 0 Å². The van der Waals surface area contributed by atoms with Crippen LogP contribution in [0.4, 0.5) is 5.69 Å². The molecule has 1 saturated heterocycles. The number of aromatic nitrogens is 2. The van der Waals surface area contributed by atoms with Crippen molar-refractivity contribution in [2.75, 3.05) is 31.6 Å². The van der Waals surface area contributed by atoms with Crippen LogP contribution < -0.4 is 10.6 Å². The molecule has 1 aliphatic heterocycles. The standard InChI is InChI=1S/C15H25N5O2S/c1-4-11(3)17-15(23)18-12-10-16-20(5-2)13(12)14(21)19-6-8-22-9-7-19/h10-11H,4-9H2,1-3H3,(H2,17,18,23). The Morgan fingerprint density at radius 3 is 2.74 bits per heavy atom. The number of carbonyl (C=O) groups excluding carboxylic acids is 1. The number of anilines is 1. The Bertz CT molecular complexity index is 554. The first kappa shape index (κ1) is 17.7. The predicted octanol–water partition coefficient (Wildman–Crippen LogP) is 1.46. The summed E-state index contributed by atoms with van der Waals surface area (Å²) < 4.78 is 7.01. The average molecular weight is 339 g/mol. The van der Waals surface area contributed by atoms with Crippen LogP contribution >= 0.6 is 12.2 Å². The van der Waals surface area contributed by atoms with Gasteiger partial charge in [-0.3, -0.25) is 9.48 Å². The number of hydrogen-bond acceptors (Lipinski definition) is 4. The largest absolute Gasteiger partial charge is 0.378 e. The van der Waals surface area contributed by atoms with E-state index >= 15 is 0 Å². The van der Waals surface area contributed by atoms with E-state index in [0.29, 0.717) is 49.3 Å². The third kappa shape index (κ3) is 4.42. The monoisotopic (exact) mass is 339 g/mol. The number of carbonyl (C=O) groups is 1. The van der Waals surface area contributed by atoms with Crippen molar-refractivity contribution >= 4 is 28.9 Å². The Morgan fingerprint density at radius 1 is 1.43 bits per heavy atom. The van der Waals surface area contributed by atoms with Crippen molar-refractivity contribution in [1.29, 1.82) is 0 Å². The number of nitrogens with zero attached hydrogens (tertiary/aromatic N) is 3. The van der Waals surface area contributed by atoms with Crippen LogP contribution in [0.5, 0.6) is 0 Å². The molecule has 7 nitrogen and oxygen atoms in total. The number of ether oxygens (including phenoxy) is 1. The highest BCUT2D eigenvalue weighted by atomic mass is 32.1. The third-order valence-electron chi connectivity index (χ3n) is 3.88. The molecular formula is C15H25N5O2S. The van der Waals surface area contributed by atoms with Crippen molar-refractivity contribution in [3.05, 3.63) is 11.9 Å². The van der Waals surface area contributed by atoms with Crippen LogP contribution in [-0.4, -0.2) is 58.0 Å². The van der Waals surface area contributed by atoms with Gasteiger partial charge in [0, 0.05) is 25.7 Å². The van der Waals surface area contributed by atoms with Gasteiger partial charge in [-0.25, -0.2) is 0 Å². The molecule has 1 atom stereocenters. The van der Waals surface area contributed by atoms with Gasteiger partial charge in [0.05, 0.1) is 25.1 Å². The molecule has 1 fully saturated rings. The van der Waals surface area contributed by atoms with Crippen LogP contribution in [0.25, 0.3) is 0 Å². The van der Waals surface area contributed by atoms with Gasteiger partial charge < -0.3 is 20.3 Å². The SMILES string of the molecule is CCC(C)NC(=S)Nc1cnn(CC)c1C(=O)N1CCOCC1. The van der Waals surface area contributed by atoms with E-state index in [1.54, 1.807) is 15.8 Å². The maximum atomic E-state index is 12.8. The van der Waals surface area contributed by atoms with E-state index < -0.39 is 0 Å². The Morgan fingerprint density at radius 2 is 2.13 bits per heavy atom. The Balaban J connectivity index is 2.15. The van der Waals surface area contributed by atoms with E-state index in [0.717, 1.165) is 6.42 Å². The van der Waals surface area contributed by atoms with Crippen molar-refractivity contribution in [1.82, 2.24) is 20.0 Å². The summed E-state index contributed by atoms with van der Waals surface area (Å²) in [6.07, 6.45) is 2.62. The number of rotatable bonds is 5. The molecule has 128 valence electrons. The van der Waals surface area contributed by atoms with Crippen molar-refractivity contribution in [3.63, 3.8) is 0 Å². The smallest absolute Gasteiger partial charge is 0.274 e. The maximum Gasteiger partial charge on any atom is 0.274 e. The van der Waals surface area contributed by atoms with Crippen molar-refractivity contribution < 1.29 is 9.53 Å². The van der Waals surface area contributed by atoms with Gasteiger partial charge in [0.1, 0.15) is 5.69 Å². The highest BCUT2D eigenvalue weighted by molar-refractivity contribution is 7.80. The van der Waals surface area contributed by atoms with Crippen LogP contribution in [0.1, 0.15) is 37.7 Å². The van der Waals surface area contributed by atoms with Gasteiger partial charge in [-0.05, 0) is 32.5 Å². The molecular weight excluding hydrogens is 314 g/mol. The van der Waals surface area contributed by atoms with Crippen molar-refractivity contribution in [3.8, 4) is 0 Å². The number of hydrogen-bond donors (Lipinski definition) is 2. The number of thiocarbonyl (C=S) groups is 1. The zero-order valence-corrected chi connectivity index (χ0v) is 14.8. The van der Waals surface area contributed by atoms with Crippen LogP contribution in [0.15, 0.2) is 6.20 Å². The highest BCUT2D eigenvalue weighted by Gasteiger charge is 2.25. The summed E-state index contributed by atoms with van der Waals surface area (Å²) >= 11 is 5.32. The molecule has 23 heavy (non-hydrogen) atoms. The molecule has 1 aliphatic rings. The first-order valence-corrected chi connectivity index (χ1v) is 8.48. The number of morpholine rings is 1. The summed E-state index contributed by atoms with van der Waals surface area (Å²) in [5.74, 6) is -0.0403. The van der Waals surface area contributed by atoms with Gasteiger partial charge >= 0.3 is 0 Å². The molecule has 2 N–H and O–H groups in total. The minimum absolute atomic E-state index is 0.0403. The third-order valence-corrected chi connectivity index (χ3v) is 4.10. The highest BCUT2D eigenvalue weighted by Crippen LogP contribution is 2.18. The summed E-state index contributed by atoms with van der Waals surface area (Å²) in [5, 5.41) is 11.1. The minimum atomic E-state index is -0.0403. The molecule has 8 heteroatoms. The van der Waals surface area contributed by atoms with E-state index in [1.807, 2.05) is 6.92 Å². The molecule has 2 rings (SSSR count). The molecule has 1 amide bonds. The summed E-state index contributed by atoms with van der Waals surface area (Å²) in [5.41, 5.74) is 1.19. The topological polar surface area (TPSA) is 71.4 Å². The van der Waals surface area contributed by atoms with E-state index in [-0.39, 0.29) is 11.9 Å². The molecule has 1 aromatic heterocycles. The zero-order chi connectivity index (χ0) is 16.8. The molecule has 2 heterocycles. The average Bonchev–Trinajstić information content (AvgIpc) is 2.97. The van der Waals surface area contributed by atoms with Gasteiger partial charge in [0.2, 0.25) is 0 Å². The normalized spacial score (nSPS) is 16.0. The van der Waals surface area contributed by atoms with E-state index in [2.05, 4.69) is 29.6 Å². The molecule has 1 unspecified atom stereocenters. The first-order valence-electron chi connectivity index (χ1n) is 8.07. The summed E-state index contributed by atoms with van der Waals surface area (Å²) in [6, 6.07) is 0.273.